The first-order valence-electron chi connectivity index (χ1n) is 6.27. The Balaban J connectivity index is 1.87. The summed E-state index contributed by atoms with van der Waals surface area (Å²) in [5, 5.41) is 0. The largest absolute Gasteiger partial charge is 0.393 e. The second kappa shape index (κ2) is 5.20. The fourth-order valence-electron chi connectivity index (χ4n) is 2.46. The Morgan fingerprint density at radius 2 is 2.00 bits per heavy atom. The number of nitrogens with one attached hydrogen (secondary N) is 1. The molecule has 4 nitrogen and oxygen atoms in total. The molecule has 0 aromatic carbocycles. The Bertz CT molecular complexity index is 390. The highest BCUT2D eigenvalue weighted by Crippen LogP contribution is 2.33. The molecule has 2 saturated carbocycles. The van der Waals surface area contributed by atoms with Crippen molar-refractivity contribution in [2.45, 2.75) is 44.6 Å². The number of hydrogen-bond acceptors (Lipinski definition) is 3. The summed E-state index contributed by atoms with van der Waals surface area (Å²) in [5.41, 5.74) is 5.64. The summed E-state index contributed by atoms with van der Waals surface area (Å²) in [5.74, 6) is 0.931. The van der Waals surface area contributed by atoms with Gasteiger partial charge in [-0.05, 0) is 25.2 Å². The molecule has 17 heavy (non-hydrogen) atoms. The average molecular weight is 276 g/mol. The third kappa shape index (κ3) is 3.89. The molecule has 0 saturated heterocycles. The second-order valence-electron chi connectivity index (χ2n) is 5.22. The normalized spacial score (nSPS) is 29.4. The van der Waals surface area contributed by atoms with Crippen LogP contribution in [-0.4, -0.2) is 25.2 Å². The molecule has 2 fully saturated rings. The number of nitrogens with two attached hydrogens (primary N) is 1. The predicted molar refractivity (Wildman–Crippen MR) is 72.2 cm³/mol. The topological polar surface area (TPSA) is 72.2 Å². The third-order valence-electron chi connectivity index (χ3n) is 3.70. The minimum Gasteiger partial charge on any atom is -0.393 e. The molecule has 2 unspecified atom stereocenters. The molecule has 0 spiro atoms. The fourth-order valence-corrected chi connectivity index (χ4v) is 4.25. The molecule has 2 aliphatic rings. The summed E-state index contributed by atoms with van der Waals surface area (Å²) in [6.07, 6.45) is 5.93. The lowest BCUT2D eigenvalue weighted by molar-refractivity contribution is 0.522. The van der Waals surface area contributed by atoms with Crippen LogP contribution in [-0.2, 0) is 10.0 Å². The van der Waals surface area contributed by atoms with Gasteiger partial charge < -0.3 is 5.73 Å². The lowest BCUT2D eigenvalue weighted by Gasteiger charge is -2.19. The molecule has 2 atom stereocenters. The van der Waals surface area contributed by atoms with Crippen molar-refractivity contribution in [1.82, 2.24) is 4.72 Å². The van der Waals surface area contributed by atoms with Gasteiger partial charge >= 0.3 is 0 Å². The van der Waals surface area contributed by atoms with Gasteiger partial charge in [0.05, 0.1) is 10.7 Å². The second-order valence-corrected chi connectivity index (χ2v) is 7.56. The van der Waals surface area contributed by atoms with Crippen molar-refractivity contribution in [2.75, 3.05) is 5.75 Å². The molecule has 0 radical (unpaired) electrons. The van der Waals surface area contributed by atoms with Crippen molar-refractivity contribution in [2.24, 2.45) is 17.6 Å². The maximum atomic E-state index is 11.9. The molecule has 0 bridgehead atoms. The summed E-state index contributed by atoms with van der Waals surface area (Å²) >= 11 is 4.98. The van der Waals surface area contributed by atoms with Crippen molar-refractivity contribution in [3.05, 3.63) is 0 Å². The first-order chi connectivity index (χ1) is 7.98. The summed E-state index contributed by atoms with van der Waals surface area (Å²) in [7, 11) is -3.15. The maximum Gasteiger partial charge on any atom is 0.211 e. The van der Waals surface area contributed by atoms with E-state index in [1.165, 1.54) is 12.8 Å². The van der Waals surface area contributed by atoms with Crippen LogP contribution in [0, 0.1) is 11.8 Å². The van der Waals surface area contributed by atoms with E-state index < -0.39 is 10.0 Å². The Morgan fingerprint density at radius 3 is 2.59 bits per heavy atom. The number of sulfonamides is 1. The van der Waals surface area contributed by atoms with Gasteiger partial charge in [-0.25, -0.2) is 13.1 Å². The molecule has 98 valence electrons. The van der Waals surface area contributed by atoms with E-state index in [1.807, 2.05) is 0 Å². The van der Waals surface area contributed by atoms with E-state index >= 15 is 0 Å². The van der Waals surface area contributed by atoms with Crippen molar-refractivity contribution >= 4 is 27.2 Å². The number of hydrogen-bond donors (Lipinski definition) is 2. The smallest absolute Gasteiger partial charge is 0.211 e. The van der Waals surface area contributed by atoms with E-state index in [2.05, 4.69) is 4.72 Å². The van der Waals surface area contributed by atoms with Gasteiger partial charge in [-0.2, -0.15) is 0 Å². The molecule has 0 heterocycles. The minimum absolute atomic E-state index is 0.0423. The average Bonchev–Trinajstić information content (AvgIpc) is 2.95. The Labute approximate surface area is 108 Å². The van der Waals surface area contributed by atoms with Gasteiger partial charge in [-0.3, -0.25) is 0 Å². The SMILES string of the molecule is NC(=S)C1CCCC1NS(=O)(=O)CCC1CC1. The Morgan fingerprint density at radius 1 is 1.29 bits per heavy atom. The van der Waals surface area contributed by atoms with E-state index in [0.29, 0.717) is 10.9 Å². The molecule has 6 heteroatoms. The maximum absolute atomic E-state index is 11.9. The van der Waals surface area contributed by atoms with Crippen LogP contribution in [0.1, 0.15) is 38.5 Å². The molecule has 2 rings (SSSR count). The number of rotatable bonds is 6. The zero-order valence-corrected chi connectivity index (χ0v) is 11.5. The Hall–Kier alpha value is -0.200. The van der Waals surface area contributed by atoms with Crippen LogP contribution >= 0.6 is 12.2 Å². The molecule has 0 amide bonds. The monoisotopic (exact) mass is 276 g/mol. The van der Waals surface area contributed by atoms with Gasteiger partial charge in [0.2, 0.25) is 10.0 Å². The highest BCUT2D eigenvalue weighted by molar-refractivity contribution is 7.89. The van der Waals surface area contributed by atoms with E-state index in [-0.39, 0.29) is 17.7 Å². The lowest BCUT2D eigenvalue weighted by atomic mass is 10.1. The first-order valence-corrected chi connectivity index (χ1v) is 8.33. The van der Waals surface area contributed by atoms with Gasteiger partial charge in [-0.1, -0.05) is 31.5 Å². The minimum atomic E-state index is -3.15. The van der Waals surface area contributed by atoms with Gasteiger partial charge in [0.15, 0.2) is 0 Å². The molecule has 0 aromatic rings. The van der Waals surface area contributed by atoms with Gasteiger partial charge in [0.25, 0.3) is 0 Å². The van der Waals surface area contributed by atoms with Crippen molar-refractivity contribution in [3.63, 3.8) is 0 Å². The summed E-state index contributed by atoms with van der Waals surface area (Å²) in [4.78, 5) is 0.442. The molecule has 2 aliphatic carbocycles. The number of thiocarbonyl (C=S) groups is 1. The summed E-state index contributed by atoms with van der Waals surface area (Å²) < 4.78 is 26.6. The van der Waals surface area contributed by atoms with Crippen LogP contribution < -0.4 is 10.5 Å². The molecular formula is C11H20N2O2S2. The standard InChI is InChI=1S/C11H20N2O2S2/c12-11(16)9-2-1-3-10(9)13-17(14,15)7-6-8-4-5-8/h8-10,13H,1-7H2,(H2,12,16). The fraction of sp³-hybridized carbons (Fsp3) is 0.909. The van der Waals surface area contributed by atoms with Crippen molar-refractivity contribution in [1.29, 1.82) is 0 Å². The van der Waals surface area contributed by atoms with Crippen LogP contribution in [0.25, 0.3) is 0 Å². The van der Waals surface area contributed by atoms with Crippen LogP contribution in [0.15, 0.2) is 0 Å². The lowest BCUT2D eigenvalue weighted by Crippen LogP contribution is -2.42. The van der Waals surface area contributed by atoms with Crippen LogP contribution in [0.2, 0.25) is 0 Å². The molecule has 0 aromatic heterocycles. The van der Waals surface area contributed by atoms with Gasteiger partial charge in [-0.15, -0.1) is 0 Å². The van der Waals surface area contributed by atoms with Crippen molar-refractivity contribution in [3.8, 4) is 0 Å². The first kappa shape index (κ1) is 13.2. The van der Waals surface area contributed by atoms with E-state index in [0.717, 1.165) is 25.7 Å². The quantitative estimate of drug-likeness (QED) is 0.714. The summed E-state index contributed by atoms with van der Waals surface area (Å²) in [6.45, 7) is 0. The highest BCUT2D eigenvalue weighted by Gasteiger charge is 2.33. The van der Waals surface area contributed by atoms with Gasteiger partial charge in [0.1, 0.15) is 0 Å². The molecule has 0 aliphatic heterocycles. The van der Waals surface area contributed by atoms with E-state index in [4.69, 9.17) is 18.0 Å². The highest BCUT2D eigenvalue weighted by atomic mass is 32.2. The molecule has 3 N–H and O–H groups in total. The van der Waals surface area contributed by atoms with E-state index in [9.17, 15) is 8.42 Å². The third-order valence-corrected chi connectivity index (χ3v) is 5.44. The zero-order valence-electron chi connectivity index (χ0n) is 9.89. The van der Waals surface area contributed by atoms with Crippen LogP contribution in [0.5, 0.6) is 0 Å². The Kier molecular flexibility index (Phi) is 4.05. The van der Waals surface area contributed by atoms with Crippen LogP contribution in [0.3, 0.4) is 0 Å². The van der Waals surface area contributed by atoms with Crippen LogP contribution in [0.4, 0.5) is 0 Å². The predicted octanol–water partition coefficient (Wildman–Crippen LogP) is 1.16. The molecular weight excluding hydrogens is 256 g/mol. The van der Waals surface area contributed by atoms with Gasteiger partial charge in [0, 0.05) is 12.0 Å². The van der Waals surface area contributed by atoms with E-state index in [1.54, 1.807) is 0 Å². The van der Waals surface area contributed by atoms with Crippen molar-refractivity contribution < 1.29 is 8.42 Å². The zero-order chi connectivity index (χ0) is 12.5. The summed E-state index contributed by atoms with van der Waals surface area (Å²) in [6, 6.07) is -0.0725.